The Bertz CT molecular complexity index is 1900. The molecule has 12 heteroatoms. The van der Waals surface area contributed by atoms with Gasteiger partial charge in [-0.2, -0.15) is 5.10 Å². The standard InChI is InChI=1S/C34H35FN8O3/c35-29-18-26(31-20-38-34-37-19-27(43(34)39-31)17-24-3-6-30-25(16-24)2-1-9-36-30)4-5-28(29)33(46)42-10-7-23(8-11-42)21-40-12-14-41(15-13-40)22-32(44)45/h1-6,9,16,18-20,23H,7-8,10-15,17,21-22H2,(H,44,45). The van der Waals surface area contributed by atoms with Crippen LogP contribution in [-0.2, 0) is 11.2 Å². The largest absolute Gasteiger partial charge is 0.480 e. The molecule has 1 N–H and O–H groups in total. The van der Waals surface area contributed by atoms with E-state index >= 15 is 4.39 Å². The molecule has 7 rings (SSSR count). The molecule has 2 aromatic carbocycles. The summed E-state index contributed by atoms with van der Waals surface area (Å²) in [4.78, 5) is 43.6. The molecule has 0 bridgehead atoms. The summed E-state index contributed by atoms with van der Waals surface area (Å²) in [6, 6.07) is 14.7. The predicted octanol–water partition coefficient (Wildman–Crippen LogP) is 3.62. The molecule has 236 valence electrons. The number of imidazole rings is 1. The van der Waals surface area contributed by atoms with E-state index in [-0.39, 0.29) is 18.0 Å². The number of carboxylic acid groups (broad SMARTS) is 1. The molecule has 46 heavy (non-hydrogen) atoms. The number of rotatable bonds is 8. The van der Waals surface area contributed by atoms with Crippen molar-refractivity contribution in [2.45, 2.75) is 19.3 Å². The minimum absolute atomic E-state index is 0.0555. The van der Waals surface area contributed by atoms with Gasteiger partial charge in [0.2, 0.25) is 0 Å². The van der Waals surface area contributed by atoms with Crippen LogP contribution in [0.2, 0.25) is 0 Å². The molecule has 0 saturated carbocycles. The summed E-state index contributed by atoms with van der Waals surface area (Å²) in [7, 11) is 0. The van der Waals surface area contributed by atoms with Crippen LogP contribution in [0.3, 0.4) is 0 Å². The second kappa shape index (κ2) is 12.9. The lowest BCUT2D eigenvalue weighted by Gasteiger charge is -2.38. The molecule has 5 aromatic rings. The summed E-state index contributed by atoms with van der Waals surface area (Å²) in [6.07, 6.45) is 7.41. The van der Waals surface area contributed by atoms with Crippen molar-refractivity contribution in [3.63, 3.8) is 0 Å². The van der Waals surface area contributed by atoms with E-state index in [1.807, 2.05) is 29.2 Å². The van der Waals surface area contributed by atoms with E-state index in [4.69, 9.17) is 10.2 Å². The zero-order valence-corrected chi connectivity index (χ0v) is 25.4. The molecule has 2 aliphatic rings. The SMILES string of the molecule is O=C(O)CN1CCN(CC2CCN(C(=O)c3ccc(-c4cnc5ncc(Cc6ccc7ncccc7c6)n5n4)cc3F)CC2)CC1. The molecule has 2 fully saturated rings. The average molecular weight is 623 g/mol. The van der Waals surface area contributed by atoms with Gasteiger partial charge in [0.1, 0.15) is 11.5 Å². The molecule has 11 nitrogen and oxygen atoms in total. The van der Waals surface area contributed by atoms with E-state index < -0.39 is 11.8 Å². The third kappa shape index (κ3) is 6.44. The maximum absolute atomic E-state index is 15.4. The third-order valence-corrected chi connectivity index (χ3v) is 9.09. The van der Waals surface area contributed by atoms with Gasteiger partial charge < -0.3 is 14.9 Å². The van der Waals surface area contributed by atoms with Crippen LogP contribution in [0.25, 0.3) is 27.9 Å². The van der Waals surface area contributed by atoms with Gasteiger partial charge in [-0.15, -0.1) is 0 Å². The number of fused-ring (bicyclic) bond motifs is 2. The first-order valence-corrected chi connectivity index (χ1v) is 15.7. The van der Waals surface area contributed by atoms with Crippen LogP contribution >= 0.6 is 0 Å². The van der Waals surface area contributed by atoms with Crippen LogP contribution in [0.1, 0.15) is 34.5 Å². The number of aromatic nitrogens is 5. The van der Waals surface area contributed by atoms with Crippen LogP contribution in [0.15, 0.2) is 67.1 Å². The first-order valence-electron chi connectivity index (χ1n) is 15.7. The van der Waals surface area contributed by atoms with E-state index in [9.17, 15) is 9.59 Å². The lowest BCUT2D eigenvalue weighted by molar-refractivity contribution is -0.138. The highest BCUT2D eigenvalue weighted by molar-refractivity contribution is 5.95. The number of aliphatic carboxylic acids is 1. The number of carbonyl (C=O) groups excluding carboxylic acids is 1. The maximum atomic E-state index is 15.4. The van der Waals surface area contributed by atoms with Crippen molar-refractivity contribution in [1.82, 2.24) is 39.3 Å². The Morgan fingerprint density at radius 3 is 2.46 bits per heavy atom. The van der Waals surface area contributed by atoms with Crippen molar-refractivity contribution >= 4 is 28.6 Å². The van der Waals surface area contributed by atoms with Gasteiger partial charge in [0.25, 0.3) is 11.7 Å². The van der Waals surface area contributed by atoms with E-state index in [0.29, 0.717) is 42.5 Å². The molecule has 1 amide bonds. The molecule has 0 radical (unpaired) electrons. The Kier molecular flexibility index (Phi) is 8.37. The molecular weight excluding hydrogens is 587 g/mol. The van der Waals surface area contributed by atoms with Gasteiger partial charge in [-0.25, -0.2) is 18.9 Å². The van der Waals surface area contributed by atoms with Gasteiger partial charge in [0.05, 0.1) is 35.7 Å². The summed E-state index contributed by atoms with van der Waals surface area (Å²) in [5, 5.41) is 14.8. The summed E-state index contributed by atoms with van der Waals surface area (Å²) in [5.41, 5.74) is 3.94. The fourth-order valence-electron chi connectivity index (χ4n) is 6.54. The number of benzene rings is 2. The van der Waals surface area contributed by atoms with Crippen molar-refractivity contribution in [3.05, 3.63) is 89.8 Å². The Labute approximate surface area is 265 Å². The Balaban J connectivity index is 0.985. The predicted molar refractivity (Wildman–Crippen MR) is 170 cm³/mol. The van der Waals surface area contributed by atoms with Crippen molar-refractivity contribution in [3.8, 4) is 11.3 Å². The van der Waals surface area contributed by atoms with Gasteiger partial charge in [-0.1, -0.05) is 18.2 Å². The van der Waals surface area contributed by atoms with Crippen LogP contribution in [-0.4, -0.2) is 109 Å². The van der Waals surface area contributed by atoms with E-state index in [1.165, 1.54) is 6.07 Å². The first kappa shape index (κ1) is 29.9. The second-order valence-electron chi connectivity index (χ2n) is 12.2. The number of piperazine rings is 1. The number of hydrogen-bond acceptors (Lipinski definition) is 8. The van der Waals surface area contributed by atoms with E-state index in [1.54, 1.807) is 40.1 Å². The maximum Gasteiger partial charge on any atom is 0.317 e. The van der Waals surface area contributed by atoms with Gasteiger partial charge in [-0.05, 0) is 54.7 Å². The molecule has 5 heterocycles. The van der Waals surface area contributed by atoms with Crippen molar-refractivity contribution in [2.24, 2.45) is 5.92 Å². The normalized spacial score (nSPS) is 16.8. The number of nitrogens with zero attached hydrogens (tertiary/aromatic N) is 8. The molecule has 2 saturated heterocycles. The zero-order chi connectivity index (χ0) is 31.6. The molecule has 3 aromatic heterocycles. The number of carbonyl (C=O) groups is 2. The number of hydrogen-bond donors (Lipinski definition) is 1. The van der Waals surface area contributed by atoms with Crippen LogP contribution in [0.5, 0.6) is 0 Å². The smallest absolute Gasteiger partial charge is 0.317 e. The molecule has 0 unspecified atom stereocenters. The second-order valence-corrected chi connectivity index (χ2v) is 12.2. The topological polar surface area (TPSA) is 120 Å². The molecular formula is C34H35FN8O3. The summed E-state index contributed by atoms with van der Waals surface area (Å²) >= 11 is 0. The summed E-state index contributed by atoms with van der Waals surface area (Å²) in [5.74, 6) is -0.753. The van der Waals surface area contributed by atoms with Crippen molar-refractivity contribution in [2.75, 3.05) is 52.4 Å². The first-order chi connectivity index (χ1) is 22.4. The Morgan fingerprint density at radius 2 is 1.67 bits per heavy atom. The third-order valence-electron chi connectivity index (χ3n) is 9.09. The number of amides is 1. The molecule has 0 atom stereocenters. The number of pyridine rings is 1. The van der Waals surface area contributed by atoms with Gasteiger partial charge in [0, 0.05) is 69.4 Å². The van der Waals surface area contributed by atoms with Gasteiger partial charge in [0.15, 0.2) is 0 Å². The number of likely N-dealkylation sites (tertiary alicyclic amines) is 1. The van der Waals surface area contributed by atoms with Crippen molar-refractivity contribution in [1.29, 1.82) is 0 Å². The minimum Gasteiger partial charge on any atom is -0.480 e. The lowest BCUT2D eigenvalue weighted by Crippen LogP contribution is -2.50. The fourth-order valence-corrected chi connectivity index (χ4v) is 6.54. The van der Waals surface area contributed by atoms with Crippen molar-refractivity contribution < 1.29 is 19.1 Å². The van der Waals surface area contributed by atoms with Gasteiger partial charge >= 0.3 is 5.97 Å². The highest BCUT2D eigenvalue weighted by atomic mass is 19.1. The monoisotopic (exact) mass is 622 g/mol. The number of piperidine rings is 1. The van der Waals surface area contributed by atoms with Gasteiger partial charge in [-0.3, -0.25) is 19.5 Å². The van der Waals surface area contributed by atoms with Crippen LogP contribution in [0.4, 0.5) is 4.39 Å². The van der Waals surface area contributed by atoms with Crippen LogP contribution in [0, 0.1) is 11.7 Å². The molecule has 0 aliphatic carbocycles. The number of carboxylic acids is 1. The number of halogens is 1. The zero-order valence-electron chi connectivity index (χ0n) is 25.4. The van der Waals surface area contributed by atoms with E-state index in [0.717, 1.165) is 67.7 Å². The van der Waals surface area contributed by atoms with Crippen LogP contribution < -0.4 is 0 Å². The average Bonchev–Trinajstić information content (AvgIpc) is 3.47. The molecule has 2 aliphatic heterocycles. The quantitative estimate of drug-likeness (QED) is 0.277. The fraction of sp³-hybridized carbons (Fsp3) is 0.353. The van der Waals surface area contributed by atoms with E-state index in [2.05, 4.69) is 25.9 Å². The summed E-state index contributed by atoms with van der Waals surface area (Å²) in [6.45, 7) is 5.42. The Hall–Kier alpha value is -4.81. The Morgan fingerprint density at radius 1 is 0.891 bits per heavy atom. The summed E-state index contributed by atoms with van der Waals surface area (Å²) < 4.78 is 17.1. The lowest BCUT2D eigenvalue weighted by atomic mass is 9.95. The molecule has 0 spiro atoms. The highest BCUT2D eigenvalue weighted by Crippen LogP contribution is 2.25. The minimum atomic E-state index is -0.790. The highest BCUT2D eigenvalue weighted by Gasteiger charge is 2.28.